The number of esters is 1. The molecule has 2 aliphatic rings. The molecule has 29 heavy (non-hydrogen) atoms. The molecule has 0 aromatic carbocycles. The molecule has 4 rings (SSSR count). The molecule has 3 N–H and O–H groups in total. The zero-order valence-electron chi connectivity index (χ0n) is 15.8. The van der Waals surface area contributed by atoms with Gasteiger partial charge in [0.1, 0.15) is 5.65 Å². The van der Waals surface area contributed by atoms with Crippen LogP contribution in [0, 0.1) is 0 Å². The lowest BCUT2D eigenvalue weighted by molar-refractivity contribution is -0.139. The number of allylic oxidation sites excluding steroid dienone is 1. The Morgan fingerprint density at radius 1 is 1.41 bits per heavy atom. The first-order valence-corrected chi connectivity index (χ1v) is 11.0. The van der Waals surface area contributed by atoms with Crippen LogP contribution in [0.5, 0.6) is 0 Å². The number of Topliss-reactive ketones (excluding diaryl/α,β-unsaturated/α-hetero) is 1. The number of hydrogen-bond acceptors (Lipinski definition) is 8. The summed E-state index contributed by atoms with van der Waals surface area (Å²) in [5, 5.41) is 0.814. The molecular weight excluding hydrogens is 398 g/mol. The minimum absolute atomic E-state index is 0.00462. The number of nitrogens with zero attached hydrogens (tertiary/aromatic N) is 2. The second kappa shape index (κ2) is 7.54. The quantitative estimate of drug-likeness (QED) is 0.392. The van der Waals surface area contributed by atoms with E-state index in [-0.39, 0.29) is 48.4 Å². The Bertz CT molecular complexity index is 1030. The number of H-pyrrole nitrogens is 1. The number of nitrogens with one attached hydrogen (secondary N) is 1. The molecule has 0 saturated carbocycles. The summed E-state index contributed by atoms with van der Waals surface area (Å²) in [5.41, 5.74) is 1.20. The van der Waals surface area contributed by atoms with Crippen molar-refractivity contribution in [3.05, 3.63) is 47.3 Å². The molecule has 0 aliphatic carbocycles. The first kappa shape index (κ1) is 19.5. The Labute approximate surface area is 168 Å². The molecule has 2 aliphatic heterocycles. The van der Waals surface area contributed by atoms with Crippen molar-refractivity contribution in [2.45, 2.75) is 6.92 Å². The predicted octanol–water partition coefficient (Wildman–Crippen LogP) is 2.34. The van der Waals surface area contributed by atoms with Crippen LogP contribution in [0.2, 0.25) is 0 Å². The molecule has 1 saturated heterocycles. The highest BCUT2D eigenvalue weighted by Crippen LogP contribution is 2.42. The van der Waals surface area contributed by atoms with Crippen molar-refractivity contribution >= 4 is 39.5 Å². The summed E-state index contributed by atoms with van der Waals surface area (Å²) in [6, 6.07) is 3.65. The molecule has 0 bridgehead atoms. The highest BCUT2D eigenvalue weighted by atomic mass is 32.3. The molecular formula is C19H21N3O6S. The van der Waals surface area contributed by atoms with Gasteiger partial charge < -0.3 is 19.4 Å². The van der Waals surface area contributed by atoms with E-state index < -0.39 is 22.3 Å². The number of ketones is 1. The molecule has 154 valence electrons. The number of carbonyl (C=O) groups is 2. The lowest BCUT2D eigenvalue weighted by Gasteiger charge is -2.41. The van der Waals surface area contributed by atoms with Crippen molar-refractivity contribution < 1.29 is 28.2 Å². The van der Waals surface area contributed by atoms with Crippen LogP contribution in [0.4, 0.5) is 0 Å². The number of hydrogen-bond donors (Lipinski definition) is 3. The summed E-state index contributed by atoms with van der Waals surface area (Å²) in [5.74, 6) is -0.908. The molecule has 0 amide bonds. The number of rotatable bonds is 4. The van der Waals surface area contributed by atoms with Crippen LogP contribution < -0.4 is 0 Å². The number of aromatic nitrogens is 2. The van der Waals surface area contributed by atoms with Crippen LogP contribution in [0.3, 0.4) is 0 Å². The highest BCUT2D eigenvalue weighted by Gasteiger charge is 2.40. The average molecular weight is 419 g/mol. The molecule has 0 atom stereocenters. The summed E-state index contributed by atoms with van der Waals surface area (Å²) in [7, 11) is -2.63. The summed E-state index contributed by atoms with van der Waals surface area (Å²) in [6.07, 6.45) is 4.93. The number of ether oxygens (including phenoxy) is 2. The van der Waals surface area contributed by atoms with Gasteiger partial charge in [-0.15, -0.1) is 0 Å². The third kappa shape index (κ3) is 3.74. The molecule has 2 aromatic heterocycles. The molecule has 2 aromatic rings. The molecule has 1 fully saturated rings. The van der Waals surface area contributed by atoms with Gasteiger partial charge in [0, 0.05) is 36.4 Å². The third-order valence-electron chi connectivity index (χ3n) is 4.78. The van der Waals surface area contributed by atoms with Crippen molar-refractivity contribution in [3.63, 3.8) is 0 Å². The van der Waals surface area contributed by atoms with E-state index in [2.05, 4.69) is 9.97 Å². The maximum atomic E-state index is 13.0. The monoisotopic (exact) mass is 419 g/mol. The van der Waals surface area contributed by atoms with Gasteiger partial charge in [0.25, 0.3) is 0 Å². The Morgan fingerprint density at radius 2 is 2.17 bits per heavy atom. The smallest absolute Gasteiger partial charge is 0.347 e. The van der Waals surface area contributed by atoms with E-state index in [4.69, 9.17) is 9.47 Å². The Hall–Kier alpha value is -2.82. The fraction of sp³-hybridized carbons (Fsp3) is 0.316. The van der Waals surface area contributed by atoms with Gasteiger partial charge in [-0.25, -0.2) is 9.78 Å². The number of carbonyl (C=O) groups excluding carboxylic acids is 2. The highest BCUT2D eigenvalue weighted by molar-refractivity contribution is 8.24. The maximum Gasteiger partial charge on any atom is 0.347 e. The van der Waals surface area contributed by atoms with Gasteiger partial charge in [-0.3, -0.25) is 13.9 Å². The third-order valence-corrected chi connectivity index (χ3v) is 6.46. The zero-order chi connectivity index (χ0) is 20.6. The largest absolute Gasteiger partial charge is 0.462 e. The van der Waals surface area contributed by atoms with E-state index >= 15 is 0 Å². The topological polar surface area (TPSA) is 125 Å². The van der Waals surface area contributed by atoms with E-state index in [0.29, 0.717) is 11.2 Å². The standard InChI is InChI=1S/C19H21N3O6S/c1-2-27-19(24)15-16(23)14(10-12-11-21-17-13(12)4-3-5-20-17)28-18(15)22-6-8-29(25,26)9-7-22/h3-5,10-11,25-26H,2,6-9H2,1H3,(H,20,21)/b14-10-. The van der Waals surface area contributed by atoms with Crippen LogP contribution in [0.25, 0.3) is 17.1 Å². The fourth-order valence-corrected chi connectivity index (χ4v) is 4.52. The van der Waals surface area contributed by atoms with Crippen LogP contribution in [0.15, 0.2) is 41.7 Å². The zero-order valence-corrected chi connectivity index (χ0v) is 16.6. The number of aromatic amines is 1. The second-order valence-electron chi connectivity index (χ2n) is 6.68. The van der Waals surface area contributed by atoms with E-state index in [1.54, 1.807) is 36.4 Å². The number of pyridine rings is 1. The van der Waals surface area contributed by atoms with E-state index in [9.17, 15) is 18.7 Å². The first-order valence-electron chi connectivity index (χ1n) is 9.16. The van der Waals surface area contributed by atoms with Crippen molar-refractivity contribution in [2.75, 3.05) is 31.2 Å². The normalized spacial score (nSPS) is 21.6. The van der Waals surface area contributed by atoms with Crippen LogP contribution in [0.1, 0.15) is 12.5 Å². The van der Waals surface area contributed by atoms with Gasteiger partial charge in [0.2, 0.25) is 11.7 Å². The van der Waals surface area contributed by atoms with Crippen molar-refractivity contribution in [1.29, 1.82) is 0 Å². The minimum Gasteiger partial charge on any atom is -0.462 e. The van der Waals surface area contributed by atoms with E-state index in [0.717, 1.165) is 5.39 Å². The van der Waals surface area contributed by atoms with Crippen molar-refractivity contribution in [3.8, 4) is 0 Å². The van der Waals surface area contributed by atoms with Gasteiger partial charge in [0.15, 0.2) is 11.3 Å². The summed E-state index contributed by atoms with van der Waals surface area (Å²) in [6.45, 7) is 2.30. The van der Waals surface area contributed by atoms with Gasteiger partial charge >= 0.3 is 5.97 Å². The van der Waals surface area contributed by atoms with E-state index in [1.807, 2.05) is 6.07 Å². The summed E-state index contributed by atoms with van der Waals surface area (Å²) < 4.78 is 30.6. The van der Waals surface area contributed by atoms with Crippen LogP contribution >= 0.6 is 10.6 Å². The Morgan fingerprint density at radius 3 is 2.90 bits per heavy atom. The summed E-state index contributed by atoms with van der Waals surface area (Å²) in [4.78, 5) is 34.3. The molecule has 9 nitrogen and oxygen atoms in total. The van der Waals surface area contributed by atoms with Gasteiger partial charge in [0.05, 0.1) is 18.1 Å². The first-order chi connectivity index (χ1) is 13.9. The summed E-state index contributed by atoms with van der Waals surface area (Å²) >= 11 is 0. The maximum absolute atomic E-state index is 13.0. The molecule has 0 spiro atoms. The van der Waals surface area contributed by atoms with Crippen LogP contribution in [-0.2, 0) is 19.1 Å². The molecule has 10 heteroatoms. The lowest BCUT2D eigenvalue weighted by atomic mass is 10.1. The Balaban J connectivity index is 1.68. The SMILES string of the molecule is CCOC(=O)C1=C(N2CCS(O)(O)CC2)O/C(=C\c2c[nH]c3ncccc23)C1=O. The lowest BCUT2D eigenvalue weighted by Crippen LogP contribution is -2.38. The Kier molecular flexibility index (Phi) is 5.07. The van der Waals surface area contributed by atoms with E-state index in [1.165, 1.54) is 0 Å². The van der Waals surface area contributed by atoms with Crippen LogP contribution in [-0.4, -0.2) is 66.9 Å². The van der Waals surface area contributed by atoms with Gasteiger partial charge in [-0.1, -0.05) is 0 Å². The predicted molar refractivity (Wildman–Crippen MR) is 108 cm³/mol. The van der Waals surface area contributed by atoms with Crippen molar-refractivity contribution in [2.24, 2.45) is 0 Å². The fourth-order valence-electron chi connectivity index (χ4n) is 3.29. The average Bonchev–Trinajstić information content (AvgIpc) is 3.24. The van der Waals surface area contributed by atoms with Gasteiger partial charge in [-0.2, -0.15) is 10.6 Å². The van der Waals surface area contributed by atoms with Crippen molar-refractivity contribution in [1.82, 2.24) is 14.9 Å². The number of fused-ring (bicyclic) bond motifs is 1. The molecule has 4 heterocycles. The molecule has 0 radical (unpaired) electrons. The minimum atomic E-state index is -2.63. The molecule has 0 unspecified atom stereocenters. The van der Waals surface area contributed by atoms with Gasteiger partial charge in [-0.05, 0) is 25.1 Å². The second-order valence-corrected chi connectivity index (χ2v) is 9.10.